The second kappa shape index (κ2) is 18.4. The van der Waals surface area contributed by atoms with Gasteiger partial charge < -0.3 is 103 Å². The Hall–Kier alpha value is -0.800. The van der Waals surface area contributed by atoms with Gasteiger partial charge in [0.2, 0.25) is 0 Å². The Balaban J connectivity index is 0.00000111. The van der Waals surface area contributed by atoms with Crippen LogP contribution in [-0.4, -0.2) is 190 Å². The monoisotopic (exact) mass is 689 g/mol. The average Bonchev–Trinajstić information content (AvgIpc) is 3.35. The van der Waals surface area contributed by atoms with Gasteiger partial charge in [0.1, 0.15) is 67.1 Å². The third-order valence-corrected chi connectivity index (χ3v) is 8.73. The van der Waals surface area contributed by atoms with Gasteiger partial charge in [-0.05, 0) is 20.3 Å². The van der Waals surface area contributed by atoms with E-state index in [4.69, 9.17) is 61.8 Å². The first-order valence-electron chi connectivity index (χ1n) is 15.8. The quantitative estimate of drug-likeness (QED) is 0.0957. The molecule has 1 saturated carbocycles. The lowest BCUT2D eigenvalue weighted by Gasteiger charge is -2.47. The highest BCUT2D eigenvalue weighted by Crippen LogP contribution is 2.34. The van der Waals surface area contributed by atoms with Gasteiger partial charge in [0.05, 0.1) is 31.4 Å². The van der Waals surface area contributed by atoms with Crippen LogP contribution in [-0.2, 0) is 33.2 Å². The fourth-order valence-electron chi connectivity index (χ4n) is 5.90. The summed E-state index contributed by atoms with van der Waals surface area (Å²) < 4.78 is 39.2. The minimum Gasteiger partial charge on any atom is -0.394 e. The lowest BCUT2D eigenvalue weighted by atomic mass is 9.84. The van der Waals surface area contributed by atoms with Crippen molar-refractivity contribution in [2.75, 3.05) is 33.0 Å². The van der Waals surface area contributed by atoms with Crippen LogP contribution in [0.3, 0.4) is 0 Å². The summed E-state index contributed by atoms with van der Waals surface area (Å²) in [6, 6.07) is -4.30. The number of hydrogen-bond acceptors (Lipinski definition) is 20. The lowest BCUT2D eigenvalue weighted by molar-refractivity contribution is -0.310. The maximum atomic E-state index is 11.1. The summed E-state index contributed by atoms with van der Waals surface area (Å²) in [5.41, 5.74) is 29.9. The molecule has 47 heavy (non-hydrogen) atoms. The first-order chi connectivity index (χ1) is 22.2. The van der Waals surface area contributed by atoms with Gasteiger partial charge >= 0.3 is 0 Å². The Kier molecular flexibility index (Phi) is 15.9. The van der Waals surface area contributed by atoms with Crippen molar-refractivity contribution in [2.24, 2.45) is 28.7 Å². The summed E-state index contributed by atoms with van der Waals surface area (Å²) in [5.74, 6) is 0. The average molecular weight is 690 g/mol. The van der Waals surface area contributed by atoms with Crippen LogP contribution in [0.4, 0.5) is 0 Å². The molecule has 20 heteroatoms. The molecular formula is C27H55N5O15. The predicted octanol–water partition coefficient (Wildman–Crippen LogP) is -7.82. The molecule has 0 spiro atoms. The second-order valence-corrected chi connectivity index (χ2v) is 12.0. The molecule has 278 valence electrons. The minimum atomic E-state index is -1.62. The number of rotatable bonds is 11. The first-order valence-corrected chi connectivity index (χ1v) is 15.8. The van der Waals surface area contributed by atoms with Gasteiger partial charge in [0.25, 0.3) is 0 Å². The summed E-state index contributed by atoms with van der Waals surface area (Å²) in [7, 11) is 0. The molecule has 4 aliphatic rings. The molecule has 3 heterocycles. The summed E-state index contributed by atoms with van der Waals surface area (Å²) in [5, 5.41) is 82.3. The van der Waals surface area contributed by atoms with Gasteiger partial charge in [0, 0.05) is 31.8 Å². The predicted molar refractivity (Wildman–Crippen MR) is 159 cm³/mol. The molecule has 1 aliphatic carbocycles. The van der Waals surface area contributed by atoms with E-state index < -0.39 is 129 Å². The highest BCUT2D eigenvalue weighted by molar-refractivity contribution is 5.02. The molecule has 19 atom stereocenters. The van der Waals surface area contributed by atoms with Crippen LogP contribution in [0.15, 0.2) is 0 Å². The molecule has 3 saturated heterocycles. The molecule has 18 N–H and O–H groups in total. The lowest BCUT2D eigenvalue weighted by Crippen LogP contribution is -2.68. The molecule has 4 rings (SSSR count). The van der Waals surface area contributed by atoms with Gasteiger partial charge in [-0.3, -0.25) is 0 Å². The Morgan fingerprint density at radius 2 is 1.02 bits per heavy atom. The molecule has 0 radical (unpaired) electrons. The Bertz CT molecular complexity index is 915. The molecule has 0 aromatic rings. The van der Waals surface area contributed by atoms with Gasteiger partial charge in [-0.25, -0.2) is 0 Å². The van der Waals surface area contributed by atoms with Gasteiger partial charge in [0.15, 0.2) is 18.9 Å². The standard InChI is InChI=1S/C23H45N5O14.C4H10O/c24-2-7-13(32)15(34)10(27)21(37-7)41-19-9(4-30)39-23(17(19)36)42-20-12(31)5(25)1-6(26)18(20)40-22-11(28)16(35)14(33)8(3-29)38-22;1-3-5-4-2/h5-23,29-36H,1-4,24-28H2;3-4H2,1-2H3/t5-,6+,7+,8-,9-,10-,11-,12+,13-,14-,15-,16-,17-,18-,19-,20-,21-,22-,23+;/m1./s1. The largest absolute Gasteiger partial charge is 0.394 e. The summed E-state index contributed by atoms with van der Waals surface area (Å²) >= 11 is 0. The van der Waals surface area contributed by atoms with Crippen LogP contribution in [0, 0.1) is 0 Å². The van der Waals surface area contributed by atoms with Crippen molar-refractivity contribution >= 4 is 0 Å². The van der Waals surface area contributed by atoms with E-state index in [1.807, 2.05) is 13.8 Å². The van der Waals surface area contributed by atoms with Crippen molar-refractivity contribution in [3.05, 3.63) is 0 Å². The molecular weight excluding hydrogens is 634 g/mol. The fourth-order valence-corrected chi connectivity index (χ4v) is 5.90. The molecule has 0 aromatic carbocycles. The zero-order valence-electron chi connectivity index (χ0n) is 26.5. The molecule has 20 nitrogen and oxygen atoms in total. The topological polar surface area (TPSA) is 357 Å². The van der Waals surface area contributed by atoms with Crippen molar-refractivity contribution in [1.82, 2.24) is 0 Å². The van der Waals surface area contributed by atoms with Crippen molar-refractivity contribution < 1.29 is 74.0 Å². The third-order valence-electron chi connectivity index (χ3n) is 8.73. The molecule has 0 aromatic heterocycles. The normalized spacial score (nSPS) is 49.0. The summed E-state index contributed by atoms with van der Waals surface area (Å²) in [6.45, 7) is 4.18. The Morgan fingerprint density at radius 1 is 0.553 bits per heavy atom. The van der Waals surface area contributed by atoms with E-state index in [0.29, 0.717) is 0 Å². The van der Waals surface area contributed by atoms with Crippen LogP contribution >= 0.6 is 0 Å². The van der Waals surface area contributed by atoms with E-state index in [9.17, 15) is 40.9 Å². The van der Waals surface area contributed by atoms with Crippen LogP contribution in [0.25, 0.3) is 0 Å². The third kappa shape index (κ3) is 9.31. The number of hydrogen-bond donors (Lipinski definition) is 13. The van der Waals surface area contributed by atoms with E-state index in [-0.39, 0.29) is 13.0 Å². The minimum absolute atomic E-state index is 0.0642. The molecule has 4 fully saturated rings. The highest BCUT2D eigenvalue weighted by Gasteiger charge is 2.54. The highest BCUT2D eigenvalue weighted by atomic mass is 16.8. The maximum Gasteiger partial charge on any atom is 0.187 e. The van der Waals surface area contributed by atoms with Gasteiger partial charge in [-0.2, -0.15) is 0 Å². The van der Waals surface area contributed by atoms with Crippen LogP contribution in [0.5, 0.6) is 0 Å². The molecule has 0 bridgehead atoms. The molecule has 0 amide bonds. The number of ether oxygens (including phenoxy) is 7. The molecule has 3 aliphatic heterocycles. The van der Waals surface area contributed by atoms with E-state index in [2.05, 4.69) is 0 Å². The van der Waals surface area contributed by atoms with E-state index in [1.165, 1.54) is 0 Å². The second-order valence-electron chi connectivity index (χ2n) is 12.0. The number of aliphatic hydroxyl groups excluding tert-OH is 8. The summed E-state index contributed by atoms with van der Waals surface area (Å²) in [4.78, 5) is 0. The Labute approximate surface area is 272 Å². The van der Waals surface area contributed by atoms with E-state index in [1.54, 1.807) is 0 Å². The van der Waals surface area contributed by atoms with Gasteiger partial charge in [-0.15, -0.1) is 0 Å². The van der Waals surface area contributed by atoms with Crippen LogP contribution in [0.1, 0.15) is 20.3 Å². The van der Waals surface area contributed by atoms with Crippen molar-refractivity contribution in [3.63, 3.8) is 0 Å². The zero-order chi connectivity index (χ0) is 35.2. The maximum absolute atomic E-state index is 11.1. The van der Waals surface area contributed by atoms with Crippen molar-refractivity contribution in [3.8, 4) is 0 Å². The molecule has 0 unspecified atom stereocenters. The van der Waals surface area contributed by atoms with E-state index >= 15 is 0 Å². The van der Waals surface area contributed by atoms with Crippen molar-refractivity contribution in [2.45, 2.75) is 137 Å². The number of aliphatic hydroxyl groups is 8. The van der Waals surface area contributed by atoms with Crippen molar-refractivity contribution in [1.29, 1.82) is 0 Å². The fraction of sp³-hybridized carbons (Fsp3) is 1.00. The Morgan fingerprint density at radius 3 is 1.51 bits per heavy atom. The zero-order valence-corrected chi connectivity index (χ0v) is 26.5. The number of nitrogens with two attached hydrogens (primary N) is 5. The van der Waals surface area contributed by atoms with Crippen LogP contribution in [0.2, 0.25) is 0 Å². The van der Waals surface area contributed by atoms with Crippen LogP contribution < -0.4 is 28.7 Å². The SMILES string of the molecule is CCOCC.NC[C@@H]1O[C@H](O[C@H]2[C@@H](O)[C@H](O[C@@H]3[C@@H](O)[C@H](N)C[C@H](N)[C@H]3O[C@H]3O[C@H](CO)[C@@H](O)[C@H](O)[C@H]3N)O[C@@H]2CO)[C@H](N)[C@@H](O)[C@@H]1O. The van der Waals surface area contributed by atoms with Gasteiger partial charge in [-0.1, -0.05) is 0 Å². The summed E-state index contributed by atoms with van der Waals surface area (Å²) in [6.07, 6.45) is -20.5. The first kappa shape index (κ1) is 40.6. The smallest absolute Gasteiger partial charge is 0.187 e. The van der Waals surface area contributed by atoms with E-state index in [0.717, 1.165) is 13.2 Å².